The molecule has 0 spiro atoms. The summed E-state index contributed by atoms with van der Waals surface area (Å²) in [4.78, 5) is 21.4. The molecule has 0 saturated heterocycles. The van der Waals surface area contributed by atoms with Gasteiger partial charge in [-0.1, -0.05) is 36.4 Å². The van der Waals surface area contributed by atoms with Crippen LogP contribution in [0.15, 0.2) is 66.6 Å². The molecular weight excluding hydrogens is 400 g/mol. The highest BCUT2D eigenvalue weighted by atomic mass is 32.1. The Morgan fingerprint density at radius 3 is 2.60 bits per heavy atom. The second-order valence-electron chi connectivity index (χ2n) is 7.11. The van der Waals surface area contributed by atoms with Crippen molar-refractivity contribution in [2.24, 2.45) is 5.73 Å². The van der Waals surface area contributed by atoms with Crippen molar-refractivity contribution in [3.8, 4) is 0 Å². The van der Waals surface area contributed by atoms with Gasteiger partial charge >= 0.3 is 6.09 Å². The summed E-state index contributed by atoms with van der Waals surface area (Å²) in [5.41, 5.74) is 9.83. The van der Waals surface area contributed by atoms with Gasteiger partial charge in [-0.25, -0.2) is 4.79 Å². The number of alkyl carbamates (subject to hydrolysis) is 1. The number of benzene rings is 1. The van der Waals surface area contributed by atoms with Gasteiger partial charge in [0.05, 0.1) is 11.6 Å². The minimum absolute atomic E-state index is 0.128. The van der Waals surface area contributed by atoms with Crippen LogP contribution in [-0.2, 0) is 24.2 Å². The van der Waals surface area contributed by atoms with Gasteiger partial charge in [-0.15, -0.1) is 11.3 Å². The molecule has 0 bridgehead atoms. The van der Waals surface area contributed by atoms with Crippen molar-refractivity contribution in [3.05, 3.63) is 82.6 Å². The number of rotatable bonds is 10. The number of aliphatic hydroxyl groups excluding tert-OH is 1. The first-order valence-corrected chi connectivity index (χ1v) is 10.6. The topological polar surface area (TPSA) is 110 Å². The van der Waals surface area contributed by atoms with Crippen molar-refractivity contribution in [3.63, 3.8) is 0 Å². The Morgan fingerprint density at radius 1 is 1.10 bits per heavy atom. The lowest BCUT2D eigenvalue weighted by Gasteiger charge is -2.25. The van der Waals surface area contributed by atoms with Gasteiger partial charge in [-0.3, -0.25) is 9.97 Å². The smallest absolute Gasteiger partial charge is 0.407 e. The van der Waals surface area contributed by atoms with Gasteiger partial charge in [0.15, 0.2) is 0 Å². The third-order valence-corrected chi connectivity index (χ3v) is 5.48. The van der Waals surface area contributed by atoms with Gasteiger partial charge < -0.3 is 20.9 Å². The van der Waals surface area contributed by atoms with E-state index in [4.69, 9.17) is 10.5 Å². The van der Waals surface area contributed by atoms with Crippen LogP contribution in [0.1, 0.15) is 22.4 Å². The fourth-order valence-corrected chi connectivity index (χ4v) is 3.78. The molecule has 1 amide bonds. The van der Waals surface area contributed by atoms with Crippen molar-refractivity contribution in [1.82, 2.24) is 15.3 Å². The molecule has 2 aromatic heterocycles. The number of nitrogens with two attached hydrogens (primary N) is 1. The fourth-order valence-electron chi connectivity index (χ4n) is 3.11. The molecule has 0 aliphatic rings. The first kappa shape index (κ1) is 21.9. The van der Waals surface area contributed by atoms with E-state index in [9.17, 15) is 9.90 Å². The lowest BCUT2D eigenvalue weighted by Crippen LogP contribution is -2.44. The van der Waals surface area contributed by atoms with E-state index >= 15 is 0 Å². The summed E-state index contributed by atoms with van der Waals surface area (Å²) < 4.78 is 5.30. The lowest BCUT2D eigenvalue weighted by molar-refractivity contribution is 0.109. The number of ether oxygens (including phenoxy) is 1. The first-order valence-electron chi connectivity index (χ1n) is 9.77. The molecule has 3 atom stereocenters. The number of aliphatic hydroxyl groups is 1. The Hall–Kier alpha value is -2.81. The normalized spacial score (nSPS) is 13.9. The van der Waals surface area contributed by atoms with Gasteiger partial charge in [-0.05, 0) is 24.5 Å². The van der Waals surface area contributed by atoms with Crippen molar-refractivity contribution in [2.75, 3.05) is 0 Å². The summed E-state index contributed by atoms with van der Waals surface area (Å²) in [6.45, 7) is 0.128. The number of hydrogen-bond donors (Lipinski definition) is 3. The van der Waals surface area contributed by atoms with Crippen molar-refractivity contribution in [1.29, 1.82) is 0 Å². The molecule has 158 valence electrons. The number of carbonyl (C=O) groups is 1. The summed E-state index contributed by atoms with van der Waals surface area (Å²) >= 11 is 1.50. The molecule has 0 unspecified atom stereocenters. The lowest BCUT2D eigenvalue weighted by atomic mass is 9.96. The average molecular weight is 427 g/mol. The van der Waals surface area contributed by atoms with Gasteiger partial charge in [0.25, 0.3) is 0 Å². The van der Waals surface area contributed by atoms with E-state index in [1.165, 1.54) is 11.3 Å². The third kappa shape index (κ3) is 7.22. The minimum Gasteiger partial charge on any atom is -0.445 e. The molecule has 0 saturated carbocycles. The van der Waals surface area contributed by atoms with Crippen LogP contribution < -0.4 is 11.1 Å². The van der Waals surface area contributed by atoms with Crippen LogP contribution >= 0.6 is 11.3 Å². The van der Waals surface area contributed by atoms with E-state index in [1.807, 2.05) is 36.4 Å². The number of pyridine rings is 1. The van der Waals surface area contributed by atoms with Crippen LogP contribution in [-0.4, -0.2) is 39.4 Å². The monoisotopic (exact) mass is 426 g/mol. The van der Waals surface area contributed by atoms with E-state index in [0.29, 0.717) is 19.3 Å². The van der Waals surface area contributed by atoms with Crippen LogP contribution in [0.25, 0.3) is 0 Å². The zero-order valence-corrected chi connectivity index (χ0v) is 17.4. The Balaban J connectivity index is 1.56. The number of carbonyl (C=O) groups excluding carboxylic acids is 1. The molecule has 30 heavy (non-hydrogen) atoms. The second-order valence-corrected chi connectivity index (χ2v) is 8.08. The second kappa shape index (κ2) is 11.4. The molecule has 8 heteroatoms. The average Bonchev–Trinajstić information content (AvgIpc) is 3.26. The molecule has 2 heterocycles. The Labute approximate surface area is 180 Å². The number of nitrogens with one attached hydrogen (secondary N) is 1. The Morgan fingerprint density at radius 2 is 1.90 bits per heavy atom. The third-order valence-electron chi connectivity index (χ3n) is 4.68. The molecule has 1 aromatic carbocycles. The molecule has 3 aromatic rings. The van der Waals surface area contributed by atoms with E-state index < -0.39 is 18.2 Å². The van der Waals surface area contributed by atoms with E-state index in [1.54, 1.807) is 30.2 Å². The maximum Gasteiger partial charge on any atom is 0.407 e. The Bertz CT molecular complexity index is 878. The summed E-state index contributed by atoms with van der Waals surface area (Å²) in [5.74, 6) is 0. The molecular formula is C22H26N4O3S. The highest BCUT2D eigenvalue weighted by molar-refractivity contribution is 7.09. The minimum atomic E-state index is -0.776. The van der Waals surface area contributed by atoms with Crippen LogP contribution in [0.5, 0.6) is 0 Å². The summed E-state index contributed by atoms with van der Waals surface area (Å²) in [6.07, 6.45) is 5.16. The van der Waals surface area contributed by atoms with Gasteiger partial charge in [0, 0.05) is 47.5 Å². The van der Waals surface area contributed by atoms with E-state index in [0.717, 1.165) is 16.0 Å². The zero-order valence-electron chi connectivity index (χ0n) is 16.6. The fraction of sp³-hybridized carbons (Fsp3) is 0.318. The van der Waals surface area contributed by atoms with Crippen molar-refractivity contribution < 1.29 is 14.6 Å². The number of thiazole rings is 1. The highest BCUT2D eigenvalue weighted by Crippen LogP contribution is 2.15. The zero-order chi connectivity index (χ0) is 21.2. The van der Waals surface area contributed by atoms with E-state index in [2.05, 4.69) is 15.3 Å². The SMILES string of the molecule is N[C@@H](Cc1ccccc1)[C@@H](O)C[C@@H](Cc1cncs1)NC(=O)OCc1cccnc1. The van der Waals surface area contributed by atoms with Gasteiger partial charge in [0.2, 0.25) is 0 Å². The number of nitrogens with zero attached hydrogens (tertiary/aromatic N) is 2. The predicted octanol–water partition coefficient (Wildman–Crippen LogP) is 2.70. The molecule has 0 aliphatic carbocycles. The summed E-state index contributed by atoms with van der Waals surface area (Å²) in [6, 6.07) is 12.6. The van der Waals surface area contributed by atoms with Crippen LogP contribution in [0, 0.1) is 0 Å². The largest absolute Gasteiger partial charge is 0.445 e. The number of amides is 1. The van der Waals surface area contributed by atoms with Crippen LogP contribution in [0.4, 0.5) is 4.79 Å². The molecule has 4 N–H and O–H groups in total. The molecule has 7 nitrogen and oxygen atoms in total. The number of hydrogen-bond acceptors (Lipinski definition) is 7. The van der Waals surface area contributed by atoms with Gasteiger partial charge in [-0.2, -0.15) is 0 Å². The Kier molecular flexibility index (Phi) is 8.31. The molecule has 3 rings (SSSR count). The summed E-state index contributed by atoms with van der Waals surface area (Å²) in [7, 11) is 0. The molecule has 0 fully saturated rings. The highest BCUT2D eigenvalue weighted by Gasteiger charge is 2.23. The van der Waals surface area contributed by atoms with Crippen LogP contribution in [0.2, 0.25) is 0 Å². The van der Waals surface area contributed by atoms with Gasteiger partial charge in [0.1, 0.15) is 6.61 Å². The van der Waals surface area contributed by atoms with Crippen molar-refractivity contribution >= 4 is 17.4 Å². The van der Waals surface area contributed by atoms with E-state index in [-0.39, 0.29) is 12.6 Å². The summed E-state index contributed by atoms with van der Waals surface area (Å²) in [5, 5.41) is 13.5. The molecule has 0 aliphatic heterocycles. The van der Waals surface area contributed by atoms with Crippen LogP contribution in [0.3, 0.4) is 0 Å². The van der Waals surface area contributed by atoms with Crippen molar-refractivity contribution in [2.45, 2.75) is 44.1 Å². The quantitative estimate of drug-likeness (QED) is 0.460. The standard InChI is InChI=1S/C22H26N4O3S/c23-20(9-16-5-2-1-3-6-16)21(27)11-18(10-19-13-25-15-30-19)26-22(28)29-14-17-7-4-8-24-12-17/h1-8,12-13,15,18,20-21,27H,9-11,14,23H2,(H,26,28)/t18-,20+,21+/m1/s1. The molecule has 0 radical (unpaired) electrons. The predicted molar refractivity (Wildman–Crippen MR) is 116 cm³/mol. The maximum atomic E-state index is 12.3. The number of aromatic nitrogens is 2. The first-order chi connectivity index (χ1) is 14.6. The maximum absolute atomic E-state index is 12.3.